The van der Waals surface area contributed by atoms with Crippen molar-refractivity contribution in [3.05, 3.63) is 99.8 Å². The summed E-state index contributed by atoms with van der Waals surface area (Å²) in [4.78, 5) is 35.1. The third kappa shape index (κ3) is 9.14. The normalized spacial score (nSPS) is 19.3. The van der Waals surface area contributed by atoms with Crippen LogP contribution < -0.4 is 28.7 Å². The Labute approximate surface area is 397 Å². The fourth-order valence-corrected chi connectivity index (χ4v) is 10.2. The molecule has 18 heteroatoms. The van der Waals surface area contributed by atoms with Gasteiger partial charge in [0.15, 0.2) is 11.6 Å². The number of benzene rings is 3. The van der Waals surface area contributed by atoms with Gasteiger partial charge in [0.1, 0.15) is 47.5 Å². The molecule has 360 valence electrons. The SMILES string of the molecule is C=C1CN2CCC[C@@]2(COc2nc3c4c(c(Cl)c(-c5nc(N(Cc6ccc(OC)cc6)Cc6ccc(OC)cc6)cc(C)c5C(F)(F)F)c(F)c4n2)OC[C@H]2CN(C(=O)OC(C)(C)C)CCN32)C1. The topological polar surface area (TPSA) is 115 Å². The number of pyridine rings is 1. The zero-order chi connectivity index (χ0) is 48.3. The maximum atomic E-state index is 18.0. The Morgan fingerprint density at radius 3 is 2.25 bits per heavy atom. The first-order valence-electron chi connectivity index (χ1n) is 22.6. The van der Waals surface area contributed by atoms with Gasteiger partial charge in [-0.25, -0.2) is 14.2 Å². The lowest BCUT2D eigenvalue weighted by Crippen LogP contribution is -2.57. The standard InChI is InChI=1S/C50H54ClF4N7O6/c1-29-22-49(17-8-18-61(49)23-29)28-67-46-57-43-38-44(66-27-33-26-59(47(63)68-48(3,4)5)19-20-62(33)45(38)58-46)40(51)37(41(43)52)42-39(50(53,54)55)30(2)21-36(56-42)60(24-31-9-13-34(64-6)14-10-31)25-32-11-15-35(65-7)16-12-32/h9-16,21,33H,1,8,17-20,22-28H2,2-7H3/t33-,49+/m1/s1. The van der Waals surface area contributed by atoms with Crippen LogP contribution in [0.15, 0.2) is 66.7 Å². The molecule has 3 saturated heterocycles. The number of aryl methyl sites for hydroxylation is 1. The molecule has 68 heavy (non-hydrogen) atoms. The van der Waals surface area contributed by atoms with Gasteiger partial charge in [-0.1, -0.05) is 48.0 Å². The van der Waals surface area contributed by atoms with Crippen LogP contribution in [0, 0.1) is 12.7 Å². The van der Waals surface area contributed by atoms with Gasteiger partial charge >= 0.3 is 18.3 Å². The monoisotopic (exact) mass is 959 g/mol. The van der Waals surface area contributed by atoms with Crippen LogP contribution in [-0.2, 0) is 24.0 Å². The lowest BCUT2D eigenvalue weighted by atomic mass is 9.94. The van der Waals surface area contributed by atoms with Crippen LogP contribution in [0.25, 0.3) is 22.2 Å². The fourth-order valence-electron chi connectivity index (χ4n) is 9.92. The van der Waals surface area contributed by atoms with Crippen molar-refractivity contribution in [2.24, 2.45) is 0 Å². The van der Waals surface area contributed by atoms with E-state index in [0.29, 0.717) is 17.9 Å². The minimum absolute atomic E-state index is 0.0637. The van der Waals surface area contributed by atoms with Crippen molar-refractivity contribution in [1.29, 1.82) is 0 Å². The Morgan fingerprint density at radius 2 is 1.63 bits per heavy atom. The Morgan fingerprint density at radius 1 is 0.971 bits per heavy atom. The number of ether oxygens (including phenoxy) is 5. The molecule has 0 unspecified atom stereocenters. The highest BCUT2D eigenvalue weighted by Crippen LogP contribution is 2.51. The van der Waals surface area contributed by atoms with Crippen LogP contribution in [-0.4, -0.2) is 108 Å². The quantitative estimate of drug-likeness (QED) is 0.0928. The lowest BCUT2D eigenvalue weighted by molar-refractivity contribution is -0.137. The Hall–Kier alpha value is -6.07. The van der Waals surface area contributed by atoms with Gasteiger partial charge in [-0.2, -0.15) is 23.1 Å². The van der Waals surface area contributed by atoms with E-state index in [1.807, 2.05) is 34.1 Å². The summed E-state index contributed by atoms with van der Waals surface area (Å²) in [5, 5.41) is -0.373. The summed E-state index contributed by atoms with van der Waals surface area (Å²) in [7, 11) is 3.11. The van der Waals surface area contributed by atoms with E-state index in [1.54, 1.807) is 64.2 Å². The summed E-state index contributed by atoms with van der Waals surface area (Å²) in [5.41, 5.74) is -1.51. The molecule has 0 aliphatic carbocycles. The van der Waals surface area contributed by atoms with Crippen molar-refractivity contribution in [3.63, 3.8) is 0 Å². The number of hydrogen-bond donors (Lipinski definition) is 0. The highest BCUT2D eigenvalue weighted by Gasteiger charge is 2.47. The Bertz CT molecular complexity index is 2700. The summed E-state index contributed by atoms with van der Waals surface area (Å²) >= 11 is 7.23. The van der Waals surface area contributed by atoms with Crippen LogP contribution in [0.5, 0.6) is 23.3 Å². The molecule has 1 amide bonds. The number of aromatic nitrogens is 3. The molecule has 3 aromatic carbocycles. The molecule has 0 radical (unpaired) electrons. The molecule has 4 aliphatic rings. The van der Waals surface area contributed by atoms with E-state index >= 15 is 17.6 Å². The minimum atomic E-state index is -5.00. The van der Waals surface area contributed by atoms with E-state index in [2.05, 4.69) is 16.5 Å². The summed E-state index contributed by atoms with van der Waals surface area (Å²) in [6, 6.07) is 15.2. The first-order chi connectivity index (χ1) is 32.3. The van der Waals surface area contributed by atoms with Gasteiger partial charge in [0, 0.05) is 39.3 Å². The number of amides is 1. The summed E-state index contributed by atoms with van der Waals surface area (Å²) in [5.74, 6) is 0.339. The van der Waals surface area contributed by atoms with E-state index in [9.17, 15) is 4.79 Å². The average Bonchev–Trinajstić information content (AvgIpc) is 3.76. The van der Waals surface area contributed by atoms with Crippen LogP contribution in [0.4, 0.5) is 34.0 Å². The van der Waals surface area contributed by atoms with Gasteiger partial charge in [-0.05, 0) is 101 Å². The number of alkyl halides is 3. The highest BCUT2D eigenvalue weighted by molar-refractivity contribution is 6.36. The molecular formula is C50H54ClF4N7O6. The molecule has 0 N–H and O–H groups in total. The lowest BCUT2D eigenvalue weighted by Gasteiger charge is -2.41. The first-order valence-corrected chi connectivity index (χ1v) is 23.0. The molecule has 0 spiro atoms. The van der Waals surface area contributed by atoms with E-state index < -0.39 is 51.6 Å². The van der Waals surface area contributed by atoms with E-state index in [0.717, 1.165) is 42.6 Å². The number of carbonyl (C=O) groups is 1. The molecule has 9 rings (SSSR count). The number of fused-ring (bicyclic) bond motifs is 3. The Balaban J connectivity index is 1.20. The van der Waals surface area contributed by atoms with Crippen molar-refractivity contribution in [1.82, 2.24) is 24.8 Å². The van der Waals surface area contributed by atoms with Gasteiger partial charge in [-0.15, -0.1) is 0 Å². The summed E-state index contributed by atoms with van der Waals surface area (Å²) < 4.78 is 94.0. The third-order valence-electron chi connectivity index (χ3n) is 13.1. The molecule has 6 heterocycles. The second-order valence-electron chi connectivity index (χ2n) is 19.0. The average molecular weight is 960 g/mol. The number of anilines is 2. The molecule has 0 bridgehead atoms. The summed E-state index contributed by atoms with van der Waals surface area (Å²) in [6.07, 6.45) is -3.00. The number of rotatable bonds is 11. The maximum absolute atomic E-state index is 18.0. The number of methoxy groups -OCH3 is 2. The maximum Gasteiger partial charge on any atom is 0.418 e. The van der Waals surface area contributed by atoms with Crippen LogP contribution >= 0.6 is 11.6 Å². The number of hydrogen-bond acceptors (Lipinski definition) is 12. The number of halogens is 5. The molecule has 2 atom stereocenters. The third-order valence-corrected chi connectivity index (χ3v) is 13.4. The number of carbonyl (C=O) groups excluding carboxylic acids is 1. The highest BCUT2D eigenvalue weighted by atomic mass is 35.5. The van der Waals surface area contributed by atoms with Gasteiger partial charge < -0.3 is 38.4 Å². The molecule has 4 aliphatic heterocycles. The van der Waals surface area contributed by atoms with Crippen LogP contribution in [0.2, 0.25) is 5.02 Å². The van der Waals surface area contributed by atoms with Gasteiger partial charge in [0.2, 0.25) is 0 Å². The first kappa shape index (κ1) is 47.0. The molecule has 0 saturated carbocycles. The van der Waals surface area contributed by atoms with Crippen molar-refractivity contribution in [2.75, 3.05) is 70.0 Å². The van der Waals surface area contributed by atoms with Crippen LogP contribution in [0.1, 0.15) is 62.3 Å². The smallest absolute Gasteiger partial charge is 0.418 e. The van der Waals surface area contributed by atoms with Crippen molar-refractivity contribution >= 4 is 40.2 Å². The largest absolute Gasteiger partial charge is 0.497 e. The zero-order valence-corrected chi connectivity index (χ0v) is 39.7. The minimum Gasteiger partial charge on any atom is -0.497 e. The molecular weight excluding hydrogens is 906 g/mol. The van der Waals surface area contributed by atoms with Gasteiger partial charge in [0.25, 0.3) is 0 Å². The molecule has 5 aromatic rings. The van der Waals surface area contributed by atoms with Gasteiger partial charge in [-0.3, -0.25) is 4.90 Å². The second-order valence-corrected chi connectivity index (χ2v) is 19.4. The van der Waals surface area contributed by atoms with E-state index in [4.69, 9.17) is 45.3 Å². The van der Waals surface area contributed by atoms with Crippen LogP contribution in [0.3, 0.4) is 0 Å². The van der Waals surface area contributed by atoms with Crippen molar-refractivity contribution in [3.8, 4) is 34.5 Å². The van der Waals surface area contributed by atoms with Gasteiger partial charge in [0.05, 0.1) is 53.0 Å². The van der Waals surface area contributed by atoms with E-state index in [1.165, 1.54) is 13.0 Å². The van der Waals surface area contributed by atoms with Crippen molar-refractivity contribution < 1.29 is 46.0 Å². The van der Waals surface area contributed by atoms with E-state index in [-0.39, 0.29) is 91.3 Å². The predicted octanol–water partition coefficient (Wildman–Crippen LogP) is 10.0. The molecule has 2 aromatic heterocycles. The molecule has 3 fully saturated rings. The number of nitrogens with zero attached hydrogens (tertiary/aromatic N) is 7. The summed E-state index contributed by atoms with van der Waals surface area (Å²) in [6.45, 7) is 13.6. The van der Waals surface area contributed by atoms with Crippen molar-refractivity contribution in [2.45, 2.75) is 83.4 Å². The molecule has 13 nitrogen and oxygen atoms in total. The predicted molar refractivity (Wildman–Crippen MR) is 251 cm³/mol. The second kappa shape index (κ2) is 18.1. The number of piperazine rings is 1. The zero-order valence-electron chi connectivity index (χ0n) is 38.9. The fraction of sp³-hybridized carbons (Fsp3) is 0.440. The Kier molecular flexibility index (Phi) is 12.5.